The average molecular weight is 237 g/mol. The summed E-state index contributed by atoms with van der Waals surface area (Å²) in [6.07, 6.45) is 5.40. The Morgan fingerprint density at radius 2 is 1.67 bits per heavy atom. The number of phenols is 1. The Balaban J connectivity index is 2.23. The minimum atomic E-state index is 0.301. The van der Waals surface area contributed by atoms with Gasteiger partial charge in [-0.25, -0.2) is 0 Å². The number of aromatic hydroxyl groups is 1. The molecule has 2 heteroatoms. The molecule has 0 spiro atoms. The standard InChI is InChI=1S/C16H15NO/c1-2-12-17(15-9-4-3-5-10-15)13-14-8-6-7-11-16(14)18/h1,3-11,18H,12-13H2. The number of rotatable bonds is 4. The Hall–Kier alpha value is -2.40. The SMILES string of the molecule is C#CCN(Cc1ccccc1O)c1ccccc1. The van der Waals surface area contributed by atoms with E-state index in [1.807, 2.05) is 48.5 Å². The Morgan fingerprint density at radius 1 is 1.00 bits per heavy atom. The molecule has 0 heterocycles. The number of para-hydroxylation sites is 2. The molecular weight excluding hydrogens is 222 g/mol. The van der Waals surface area contributed by atoms with E-state index in [0.717, 1.165) is 11.3 Å². The molecule has 0 aliphatic rings. The van der Waals surface area contributed by atoms with Gasteiger partial charge in [-0.2, -0.15) is 0 Å². The van der Waals surface area contributed by atoms with Gasteiger partial charge in [0, 0.05) is 17.8 Å². The molecule has 18 heavy (non-hydrogen) atoms. The van der Waals surface area contributed by atoms with Gasteiger partial charge in [0.15, 0.2) is 0 Å². The van der Waals surface area contributed by atoms with Gasteiger partial charge in [0.1, 0.15) is 5.75 Å². The van der Waals surface area contributed by atoms with Gasteiger partial charge in [0.25, 0.3) is 0 Å². The highest BCUT2D eigenvalue weighted by Crippen LogP contribution is 2.21. The van der Waals surface area contributed by atoms with E-state index in [2.05, 4.69) is 10.8 Å². The molecule has 0 radical (unpaired) electrons. The number of nitrogens with zero attached hydrogens (tertiary/aromatic N) is 1. The van der Waals surface area contributed by atoms with Crippen molar-refractivity contribution in [3.05, 3.63) is 60.2 Å². The molecule has 0 aliphatic heterocycles. The molecule has 0 aliphatic carbocycles. The number of benzene rings is 2. The maximum atomic E-state index is 9.80. The van der Waals surface area contributed by atoms with Crippen LogP contribution in [0.2, 0.25) is 0 Å². The fourth-order valence-electron chi connectivity index (χ4n) is 1.84. The van der Waals surface area contributed by atoms with Gasteiger partial charge in [-0.05, 0) is 18.2 Å². The summed E-state index contributed by atoms with van der Waals surface area (Å²) in [4.78, 5) is 2.05. The first kappa shape index (κ1) is 12.1. The molecule has 2 aromatic carbocycles. The Bertz CT molecular complexity index is 543. The number of anilines is 1. The van der Waals surface area contributed by atoms with Crippen LogP contribution >= 0.6 is 0 Å². The van der Waals surface area contributed by atoms with Crippen molar-refractivity contribution < 1.29 is 5.11 Å². The highest BCUT2D eigenvalue weighted by molar-refractivity contribution is 5.49. The number of phenolic OH excluding ortho intramolecular Hbond substituents is 1. The van der Waals surface area contributed by atoms with Gasteiger partial charge in [-0.1, -0.05) is 42.3 Å². The van der Waals surface area contributed by atoms with Gasteiger partial charge in [0.05, 0.1) is 6.54 Å². The molecule has 2 aromatic rings. The van der Waals surface area contributed by atoms with Crippen LogP contribution in [-0.4, -0.2) is 11.7 Å². The summed E-state index contributed by atoms with van der Waals surface area (Å²) in [6, 6.07) is 17.3. The molecule has 0 fully saturated rings. The second-order valence-electron chi connectivity index (χ2n) is 4.02. The Labute approximate surface area is 108 Å². The van der Waals surface area contributed by atoms with Crippen LogP contribution in [0.5, 0.6) is 5.75 Å². The molecule has 0 saturated heterocycles. The lowest BCUT2D eigenvalue weighted by molar-refractivity contribution is 0.467. The second kappa shape index (κ2) is 5.79. The minimum Gasteiger partial charge on any atom is -0.508 e. The van der Waals surface area contributed by atoms with Crippen molar-refractivity contribution in [1.29, 1.82) is 0 Å². The van der Waals surface area contributed by atoms with Crippen LogP contribution in [0.25, 0.3) is 0 Å². The van der Waals surface area contributed by atoms with Crippen LogP contribution in [0, 0.1) is 12.3 Å². The fourth-order valence-corrected chi connectivity index (χ4v) is 1.84. The fraction of sp³-hybridized carbons (Fsp3) is 0.125. The third-order valence-electron chi connectivity index (χ3n) is 2.76. The van der Waals surface area contributed by atoms with Crippen LogP contribution in [0.3, 0.4) is 0 Å². The molecular formula is C16H15NO. The van der Waals surface area contributed by atoms with Crippen LogP contribution < -0.4 is 4.90 Å². The van der Waals surface area contributed by atoms with E-state index >= 15 is 0 Å². The van der Waals surface area contributed by atoms with Crippen molar-refractivity contribution in [2.24, 2.45) is 0 Å². The summed E-state index contributed by atoms with van der Waals surface area (Å²) in [7, 11) is 0. The summed E-state index contributed by atoms with van der Waals surface area (Å²) in [6.45, 7) is 1.11. The van der Waals surface area contributed by atoms with Crippen molar-refractivity contribution in [3.63, 3.8) is 0 Å². The van der Waals surface area contributed by atoms with Crippen molar-refractivity contribution in [1.82, 2.24) is 0 Å². The summed E-state index contributed by atoms with van der Waals surface area (Å²) < 4.78 is 0. The van der Waals surface area contributed by atoms with Crippen LogP contribution in [0.15, 0.2) is 54.6 Å². The van der Waals surface area contributed by atoms with Gasteiger partial charge in [0.2, 0.25) is 0 Å². The first-order chi connectivity index (χ1) is 8.81. The van der Waals surface area contributed by atoms with Crippen molar-refractivity contribution in [2.45, 2.75) is 6.54 Å². The molecule has 0 bridgehead atoms. The number of hydrogen-bond acceptors (Lipinski definition) is 2. The molecule has 2 rings (SSSR count). The third kappa shape index (κ3) is 2.83. The van der Waals surface area contributed by atoms with E-state index in [1.54, 1.807) is 6.07 Å². The zero-order chi connectivity index (χ0) is 12.8. The average Bonchev–Trinajstić information content (AvgIpc) is 2.42. The van der Waals surface area contributed by atoms with E-state index in [0.29, 0.717) is 18.8 Å². The first-order valence-electron chi connectivity index (χ1n) is 5.81. The normalized spacial score (nSPS) is 9.72. The number of hydrogen-bond donors (Lipinski definition) is 1. The maximum Gasteiger partial charge on any atom is 0.120 e. The third-order valence-corrected chi connectivity index (χ3v) is 2.76. The zero-order valence-corrected chi connectivity index (χ0v) is 10.1. The van der Waals surface area contributed by atoms with E-state index in [9.17, 15) is 5.11 Å². The predicted molar refractivity (Wildman–Crippen MR) is 74.4 cm³/mol. The molecule has 0 saturated carbocycles. The largest absolute Gasteiger partial charge is 0.508 e. The van der Waals surface area contributed by atoms with Crippen molar-refractivity contribution >= 4 is 5.69 Å². The topological polar surface area (TPSA) is 23.5 Å². The van der Waals surface area contributed by atoms with Crippen molar-refractivity contribution in [3.8, 4) is 18.1 Å². The summed E-state index contributed by atoms with van der Waals surface area (Å²) >= 11 is 0. The predicted octanol–water partition coefficient (Wildman–Crippen LogP) is 3.03. The first-order valence-corrected chi connectivity index (χ1v) is 5.81. The quantitative estimate of drug-likeness (QED) is 0.826. The van der Waals surface area contributed by atoms with Gasteiger partial charge >= 0.3 is 0 Å². The van der Waals surface area contributed by atoms with Gasteiger partial charge < -0.3 is 10.0 Å². The summed E-state index contributed by atoms with van der Waals surface area (Å²) in [5.41, 5.74) is 1.93. The molecule has 0 amide bonds. The molecule has 90 valence electrons. The van der Waals surface area contributed by atoms with E-state index in [-0.39, 0.29) is 0 Å². The van der Waals surface area contributed by atoms with Crippen LogP contribution in [0.1, 0.15) is 5.56 Å². The second-order valence-corrected chi connectivity index (χ2v) is 4.02. The lowest BCUT2D eigenvalue weighted by Gasteiger charge is -2.22. The highest BCUT2D eigenvalue weighted by atomic mass is 16.3. The van der Waals surface area contributed by atoms with Gasteiger partial charge in [-0.3, -0.25) is 0 Å². The Morgan fingerprint density at radius 3 is 2.33 bits per heavy atom. The Kier molecular flexibility index (Phi) is 3.88. The van der Waals surface area contributed by atoms with E-state index < -0.39 is 0 Å². The smallest absolute Gasteiger partial charge is 0.120 e. The number of terminal acetylenes is 1. The molecule has 0 aromatic heterocycles. The minimum absolute atomic E-state index is 0.301. The molecule has 2 nitrogen and oxygen atoms in total. The lowest BCUT2D eigenvalue weighted by atomic mass is 10.1. The zero-order valence-electron chi connectivity index (χ0n) is 10.1. The molecule has 0 unspecified atom stereocenters. The summed E-state index contributed by atoms with van der Waals surface area (Å²) in [5.74, 6) is 2.95. The highest BCUT2D eigenvalue weighted by Gasteiger charge is 2.08. The van der Waals surface area contributed by atoms with Gasteiger partial charge in [-0.15, -0.1) is 6.42 Å². The maximum absolute atomic E-state index is 9.80. The lowest BCUT2D eigenvalue weighted by Crippen LogP contribution is -2.22. The summed E-state index contributed by atoms with van der Waals surface area (Å²) in [5, 5.41) is 9.80. The van der Waals surface area contributed by atoms with E-state index in [1.165, 1.54) is 0 Å². The van der Waals surface area contributed by atoms with Crippen molar-refractivity contribution in [2.75, 3.05) is 11.4 Å². The molecule has 1 N–H and O–H groups in total. The molecule has 0 atom stereocenters. The van der Waals surface area contributed by atoms with Crippen LogP contribution in [-0.2, 0) is 6.54 Å². The van der Waals surface area contributed by atoms with Crippen LogP contribution in [0.4, 0.5) is 5.69 Å². The van der Waals surface area contributed by atoms with E-state index in [4.69, 9.17) is 6.42 Å². The monoisotopic (exact) mass is 237 g/mol.